The Labute approximate surface area is 483 Å². The summed E-state index contributed by atoms with van der Waals surface area (Å²) in [4.78, 5) is 24.6. The first-order valence-corrected chi connectivity index (χ1v) is 35.8. The van der Waals surface area contributed by atoms with Gasteiger partial charge in [0.05, 0.1) is 25.4 Å². The minimum atomic E-state index is -0.659. The average Bonchev–Trinajstić information content (AvgIpc) is 3.43. The Bertz CT molecular complexity index is 1120. The zero-order valence-corrected chi connectivity index (χ0v) is 52.7. The SMILES string of the molecule is CCCCCCCCCCCCCCCCCCCCCC(=O)OCCCCCCCCCCCCCCCCCCCCCCCCCCCCCCCCC(=O)NC(CO)C(O)CCCCCCCCCCCCC. The molecule has 0 bridgehead atoms. The molecule has 0 fully saturated rings. The van der Waals surface area contributed by atoms with Gasteiger partial charge < -0.3 is 20.3 Å². The van der Waals surface area contributed by atoms with Gasteiger partial charge in [-0.15, -0.1) is 0 Å². The minimum absolute atomic E-state index is 0.0261. The van der Waals surface area contributed by atoms with Crippen LogP contribution in [0.4, 0.5) is 0 Å². The van der Waals surface area contributed by atoms with Crippen molar-refractivity contribution in [3.8, 4) is 0 Å². The molecule has 0 aromatic carbocycles. The van der Waals surface area contributed by atoms with Gasteiger partial charge in [-0.3, -0.25) is 9.59 Å². The summed E-state index contributed by atoms with van der Waals surface area (Å²) >= 11 is 0. The van der Waals surface area contributed by atoms with Crippen LogP contribution in [-0.4, -0.2) is 47.4 Å². The highest BCUT2D eigenvalue weighted by atomic mass is 16.5. The second kappa shape index (κ2) is 67.4. The first-order chi connectivity index (χ1) is 38.0. The highest BCUT2D eigenvalue weighted by molar-refractivity contribution is 5.76. The summed E-state index contributed by atoms with van der Waals surface area (Å²) in [6, 6.07) is -0.536. The lowest BCUT2D eigenvalue weighted by Crippen LogP contribution is -2.45. The van der Waals surface area contributed by atoms with Crippen LogP contribution in [0.5, 0.6) is 0 Å². The van der Waals surface area contributed by atoms with Gasteiger partial charge in [-0.2, -0.15) is 0 Å². The van der Waals surface area contributed by atoms with E-state index in [2.05, 4.69) is 19.2 Å². The zero-order valence-electron chi connectivity index (χ0n) is 52.7. The van der Waals surface area contributed by atoms with E-state index in [1.165, 1.54) is 347 Å². The van der Waals surface area contributed by atoms with Crippen molar-refractivity contribution in [2.45, 2.75) is 431 Å². The molecule has 0 spiro atoms. The Morgan fingerprint density at radius 1 is 0.312 bits per heavy atom. The standard InChI is InChI=1S/C71H141NO5/c1-3-5-7-9-11-13-15-16-17-18-31-35-38-41-45-49-53-57-61-65-71(76)77-66-62-58-54-50-46-42-39-36-33-30-28-26-24-22-20-19-21-23-25-27-29-32-34-37-40-44-48-52-56-60-64-70(75)72-68(67-73)69(74)63-59-55-51-47-43-14-12-10-8-6-4-2/h68-69,73-74H,3-67H2,1-2H3,(H,72,75). The van der Waals surface area contributed by atoms with Crippen molar-refractivity contribution in [2.75, 3.05) is 13.2 Å². The van der Waals surface area contributed by atoms with Crippen molar-refractivity contribution in [1.29, 1.82) is 0 Å². The molecule has 0 rings (SSSR count). The first kappa shape index (κ1) is 75.9. The molecular formula is C71H141NO5. The molecule has 6 nitrogen and oxygen atoms in total. The fraction of sp³-hybridized carbons (Fsp3) is 0.972. The molecule has 77 heavy (non-hydrogen) atoms. The number of unbranched alkanes of at least 4 members (excludes halogenated alkanes) is 57. The summed E-state index contributed by atoms with van der Waals surface area (Å²) in [7, 11) is 0. The molecule has 3 N–H and O–H groups in total. The van der Waals surface area contributed by atoms with Crippen LogP contribution in [0.3, 0.4) is 0 Å². The van der Waals surface area contributed by atoms with E-state index in [1.54, 1.807) is 0 Å². The number of hydrogen-bond donors (Lipinski definition) is 3. The molecule has 0 aromatic rings. The van der Waals surface area contributed by atoms with Gasteiger partial charge in [-0.1, -0.05) is 380 Å². The van der Waals surface area contributed by atoms with Crippen molar-refractivity contribution in [3.63, 3.8) is 0 Å². The predicted molar refractivity (Wildman–Crippen MR) is 338 cm³/mol. The smallest absolute Gasteiger partial charge is 0.305 e. The van der Waals surface area contributed by atoms with Gasteiger partial charge in [-0.05, 0) is 25.7 Å². The Morgan fingerprint density at radius 3 is 0.792 bits per heavy atom. The number of rotatable bonds is 68. The maximum Gasteiger partial charge on any atom is 0.305 e. The fourth-order valence-corrected chi connectivity index (χ4v) is 11.7. The molecule has 1 amide bonds. The van der Waals surface area contributed by atoms with E-state index in [0.717, 1.165) is 38.5 Å². The van der Waals surface area contributed by atoms with Crippen LogP contribution < -0.4 is 5.32 Å². The lowest BCUT2D eigenvalue weighted by Gasteiger charge is -2.22. The number of amides is 1. The molecule has 2 atom stereocenters. The van der Waals surface area contributed by atoms with Crippen molar-refractivity contribution >= 4 is 11.9 Å². The van der Waals surface area contributed by atoms with E-state index in [0.29, 0.717) is 25.9 Å². The van der Waals surface area contributed by atoms with Crippen LogP contribution >= 0.6 is 0 Å². The van der Waals surface area contributed by atoms with Crippen molar-refractivity contribution in [2.24, 2.45) is 0 Å². The maximum absolute atomic E-state index is 12.5. The van der Waals surface area contributed by atoms with Gasteiger partial charge in [0.1, 0.15) is 0 Å². The minimum Gasteiger partial charge on any atom is -0.466 e. The zero-order chi connectivity index (χ0) is 55.7. The lowest BCUT2D eigenvalue weighted by atomic mass is 10.0. The Balaban J connectivity index is 3.28. The quantitative estimate of drug-likeness (QED) is 0.0417. The average molecular weight is 1090 g/mol. The summed E-state index contributed by atoms with van der Waals surface area (Å²) in [6.45, 7) is 4.99. The van der Waals surface area contributed by atoms with Gasteiger partial charge in [-0.25, -0.2) is 0 Å². The van der Waals surface area contributed by atoms with Gasteiger partial charge in [0.15, 0.2) is 0 Å². The molecule has 2 unspecified atom stereocenters. The van der Waals surface area contributed by atoms with Gasteiger partial charge in [0.2, 0.25) is 5.91 Å². The molecule has 0 radical (unpaired) electrons. The number of hydrogen-bond acceptors (Lipinski definition) is 5. The van der Waals surface area contributed by atoms with E-state index >= 15 is 0 Å². The Hall–Kier alpha value is -1.14. The molecule has 0 aliphatic heterocycles. The van der Waals surface area contributed by atoms with E-state index in [-0.39, 0.29) is 18.5 Å². The van der Waals surface area contributed by atoms with Crippen LogP contribution in [0.1, 0.15) is 418 Å². The molecular weight excluding hydrogens is 947 g/mol. The number of aliphatic hydroxyl groups excluding tert-OH is 2. The maximum atomic E-state index is 12.5. The lowest BCUT2D eigenvalue weighted by molar-refractivity contribution is -0.143. The van der Waals surface area contributed by atoms with Crippen molar-refractivity contribution in [3.05, 3.63) is 0 Å². The molecule has 0 saturated carbocycles. The Morgan fingerprint density at radius 2 is 0.532 bits per heavy atom. The number of nitrogens with one attached hydrogen (secondary N) is 1. The molecule has 0 aliphatic carbocycles. The normalized spacial score (nSPS) is 12.4. The predicted octanol–water partition coefficient (Wildman–Crippen LogP) is 23.0. The third kappa shape index (κ3) is 63.9. The summed E-state index contributed by atoms with van der Waals surface area (Å²) in [6.07, 6.45) is 81.7. The van der Waals surface area contributed by atoms with Crippen molar-refractivity contribution in [1.82, 2.24) is 5.32 Å². The van der Waals surface area contributed by atoms with E-state index in [1.807, 2.05) is 0 Å². The molecule has 6 heteroatoms. The largest absolute Gasteiger partial charge is 0.466 e. The first-order valence-electron chi connectivity index (χ1n) is 35.8. The van der Waals surface area contributed by atoms with Crippen molar-refractivity contribution < 1.29 is 24.5 Å². The molecule has 0 aliphatic rings. The Kier molecular flexibility index (Phi) is 66.4. The summed E-state index contributed by atoms with van der Waals surface area (Å²) < 4.78 is 5.52. The van der Waals surface area contributed by atoms with Gasteiger partial charge in [0.25, 0.3) is 0 Å². The number of aliphatic hydroxyl groups is 2. The highest BCUT2D eigenvalue weighted by Crippen LogP contribution is 2.20. The molecule has 0 heterocycles. The summed E-state index contributed by atoms with van der Waals surface area (Å²) in [5, 5.41) is 23.2. The van der Waals surface area contributed by atoms with E-state index in [9.17, 15) is 19.8 Å². The number of ether oxygens (including phenoxy) is 1. The van der Waals surface area contributed by atoms with Gasteiger partial charge in [0, 0.05) is 12.8 Å². The molecule has 460 valence electrons. The van der Waals surface area contributed by atoms with E-state index in [4.69, 9.17) is 4.74 Å². The van der Waals surface area contributed by atoms with Crippen LogP contribution in [-0.2, 0) is 14.3 Å². The molecule has 0 saturated heterocycles. The second-order valence-electron chi connectivity index (χ2n) is 24.9. The number of esters is 1. The van der Waals surface area contributed by atoms with Crippen LogP contribution in [0.25, 0.3) is 0 Å². The summed E-state index contributed by atoms with van der Waals surface area (Å²) in [5.41, 5.74) is 0. The van der Waals surface area contributed by atoms with Crippen LogP contribution in [0.15, 0.2) is 0 Å². The number of carbonyl (C=O) groups excluding carboxylic acids is 2. The molecule has 0 aromatic heterocycles. The number of carbonyl (C=O) groups is 2. The van der Waals surface area contributed by atoms with E-state index < -0.39 is 12.1 Å². The second-order valence-corrected chi connectivity index (χ2v) is 24.9. The van der Waals surface area contributed by atoms with Crippen LogP contribution in [0, 0.1) is 0 Å². The summed E-state index contributed by atoms with van der Waals surface area (Å²) in [5.74, 6) is -0.00327. The van der Waals surface area contributed by atoms with Gasteiger partial charge >= 0.3 is 5.97 Å². The third-order valence-electron chi connectivity index (χ3n) is 17.2. The monoisotopic (exact) mass is 1090 g/mol. The van der Waals surface area contributed by atoms with Crippen LogP contribution in [0.2, 0.25) is 0 Å². The third-order valence-corrected chi connectivity index (χ3v) is 17.2. The fourth-order valence-electron chi connectivity index (χ4n) is 11.7. The topological polar surface area (TPSA) is 95.9 Å². The highest BCUT2D eigenvalue weighted by Gasteiger charge is 2.20.